The molecule has 446 valence electrons. The van der Waals surface area contributed by atoms with E-state index in [-0.39, 0.29) is 0 Å². The summed E-state index contributed by atoms with van der Waals surface area (Å²) in [4.78, 5) is 15.5. The van der Waals surface area contributed by atoms with E-state index in [2.05, 4.69) is 69.8 Å². The van der Waals surface area contributed by atoms with E-state index in [1.54, 1.807) is 78.9 Å². The molecule has 15 aromatic rings. The van der Waals surface area contributed by atoms with Gasteiger partial charge in [-0.25, -0.2) is 15.0 Å². The van der Waals surface area contributed by atoms with E-state index in [0.717, 1.165) is 54.7 Å². The molecule has 98 heavy (non-hydrogen) atoms. The number of hydrogen-bond acceptors (Lipinski definition) is 12. The first-order chi connectivity index (χ1) is 48.1. The molecule has 0 radical (unpaired) electrons. The Bertz CT molecular complexity index is 6050. The van der Waals surface area contributed by atoms with Crippen molar-refractivity contribution in [3.8, 4) is 156 Å². The Morgan fingerprint density at radius 3 is 0.837 bits per heavy atom. The molecule has 14 heteroatoms. The Labute approximate surface area is 560 Å². The molecule has 0 amide bonds. The summed E-state index contributed by atoms with van der Waals surface area (Å²) in [5.74, 6) is 1.28. The normalized spacial score (nSPS) is 10.8. The van der Waals surface area contributed by atoms with Crippen molar-refractivity contribution in [3.05, 3.63) is 293 Å². The summed E-state index contributed by atoms with van der Waals surface area (Å²) in [6, 6.07) is 95.2. The second-order valence-electron chi connectivity index (χ2n) is 23.1. The molecule has 0 aliphatic rings. The molecule has 0 spiro atoms. The Hall–Kier alpha value is -15.3. The Morgan fingerprint density at radius 2 is 0.510 bits per heavy atom. The fraction of sp³-hybridized carbons (Fsp3) is 0. The average Bonchev–Trinajstić information content (AvgIpc) is 1.60. The van der Waals surface area contributed by atoms with E-state index in [9.17, 15) is 47.4 Å². The van der Waals surface area contributed by atoms with Crippen LogP contribution in [0.25, 0.3) is 145 Å². The van der Waals surface area contributed by atoms with Crippen LogP contribution in [0.4, 0.5) is 0 Å². The molecule has 0 saturated carbocycles. The molecule has 3 aromatic heterocycles. The molecule has 0 fully saturated rings. The Kier molecular flexibility index (Phi) is 14.7. The molecule has 0 aliphatic heterocycles. The highest BCUT2D eigenvalue weighted by Gasteiger charge is 2.26. The van der Waals surface area contributed by atoms with Gasteiger partial charge in [-0.15, -0.1) is 0 Å². The number of hydrogen-bond donors (Lipinski definition) is 0. The molecule has 3 heterocycles. The number of nitrogens with zero attached hydrogens (tertiary/aromatic N) is 14. The second-order valence-corrected chi connectivity index (χ2v) is 23.1. The van der Waals surface area contributed by atoms with Gasteiger partial charge < -0.3 is 9.13 Å². The van der Waals surface area contributed by atoms with Crippen molar-refractivity contribution in [1.82, 2.24) is 24.1 Å². The van der Waals surface area contributed by atoms with Crippen LogP contribution in [-0.2, 0) is 0 Å². The largest absolute Gasteiger partial charge is 0.309 e. The first-order valence-electron chi connectivity index (χ1n) is 30.6. The van der Waals surface area contributed by atoms with Gasteiger partial charge >= 0.3 is 0 Å². The van der Waals surface area contributed by atoms with E-state index in [1.807, 2.05) is 158 Å². The maximum atomic E-state index is 11.0. The van der Waals surface area contributed by atoms with Gasteiger partial charge in [0.15, 0.2) is 17.5 Å². The molecular formula is C84H40N14. The zero-order valence-corrected chi connectivity index (χ0v) is 51.4. The third kappa shape index (κ3) is 10.1. The van der Waals surface area contributed by atoms with Crippen molar-refractivity contribution in [1.29, 1.82) is 47.4 Å². The summed E-state index contributed by atoms with van der Waals surface area (Å²) in [7, 11) is 0. The fourth-order valence-electron chi connectivity index (χ4n) is 13.1. The SMILES string of the molecule is N#Cc1ccc(-c2ccc3c(c2)c2cc(-c4ccc(C#N)cc4C#N)ccc2n3-c2ccc(-c3nc(-c4ccccc4)nc(-c4ccccc4)n3)cc2-c2ccc(C#N)cc2-n2c3ccc(-c4ccc(C#N)cc4C#N)cc3c3cc(-c4ccc(C#N)cc4C#N)ccc32)c(C#N)c1. The number of rotatable bonds is 10. The second kappa shape index (κ2) is 24.4. The van der Waals surface area contributed by atoms with E-state index in [0.29, 0.717) is 140 Å². The van der Waals surface area contributed by atoms with Crippen molar-refractivity contribution in [2.45, 2.75) is 0 Å². The van der Waals surface area contributed by atoms with Gasteiger partial charge in [-0.05, 0) is 172 Å². The van der Waals surface area contributed by atoms with Crippen LogP contribution in [0, 0.1) is 102 Å². The van der Waals surface area contributed by atoms with Gasteiger partial charge in [-0.3, -0.25) is 0 Å². The van der Waals surface area contributed by atoms with Crippen LogP contribution in [0.1, 0.15) is 50.1 Å². The van der Waals surface area contributed by atoms with Crippen LogP contribution in [0.15, 0.2) is 243 Å². The Balaban J connectivity index is 1.05. The first kappa shape index (κ1) is 59.0. The maximum absolute atomic E-state index is 11.0. The predicted molar refractivity (Wildman–Crippen MR) is 374 cm³/mol. The molecule has 0 saturated heterocycles. The number of fused-ring (bicyclic) bond motifs is 6. The van der Waals surface area contributed by atoms with E-state index in [1.165, 1.54) is 0 Å². The molecule has 0 unspecified atom stereocenters. The minimum absolute atomic E-state index is 0.310. The van der Waals surface area contributed by atoms with Gasteiger partial charge in [0.2, 0.25) is 0 Å². The van der Waals surface area contributed by atoms with Gasteiger partial charge in [0.25, 0.3) is 0 Å². The van der Waals surface area contributed by atoms with Crippen molar-refractivity contribution >= 4 is 43.6 Å². The van der Waals surface area contributed by atoms with Gasteiger partial charge in [0, 0.05) is 49.4 Å². The lowest BCUT2D eigenvalue weighted by atomic mass is 9.95. The zero-order valence-electron chi connectivity index (χ0n) is 51.4. The highest BCUT2D eigenvalue weighted by atomic mass is 15.0. The predicted octanol–water partition coefficient (Wildman–Crippen LogP) is 18.2. The molecule has 0 bridgehead atoms. The van der Waals surface area contributed by atoms with Crippen molar-refractivity contribution in [2.24, 2.45) is 0 Å². The summed E-state index contributed by atoms with van der Waals surface area (Å²) >= 11 is 0. The van der Waals surface area contributed by atoms with Crippen LogP contribution in [-0.4, -0.2) is 24.1 Å². The molecule has 14 nitrogen and oxygen atoms in total. The van der Waals surface area contributed by atoms with Gasteiger partial charge in [0.1, 0.15) is 0 Å². The molecular weight excluding hydrogens is 1210 g/mol. The molecule has 15 rings (SSSR count). The molecule has 0 atom stereocenters. The highest BCUT2D eigenvalue weighted by Crippen LogP contribution is 2.46. The molecule has 0 N–H and O–H groups in total. The van der Waals surface area contributed by atoms with E-state index < -0.39 is 0 Å². The van der Waals surface area contributed by atoms with E-state index >= 15 is 0 Å². The number of nitriles is 9. The van der Waals surface area contributed by atoms with Crippen molar-refractivity contribution in [2.75, 3.05) is 0 Å². The lowest BCUT2D eigenvalue weighted by Crippen LogP contribution is -2.04. The summed E-state index contributed by atoms with van der Waals surface area (Å²) in [5.41, 5.74) is 16.0. The minimum Gasteiger partial charge on any atom is -0.309 e. The third-order valence-corrected chi connectivity index (χ3v) is 17.7. The van der Waals surface area contributed by atoms with Gasteiger partial charge in [0.05, 0.1) is 138 Å². The Morgan fingerprint density at radius 1 is 0.214 bits per heavy atom. The smallest absolute Gasteiger partial charge is 0.164 e. The minimum atomic E-state index is 0.310. The topological polar surface area (TPSA) is 263 Å². The van der Waals surface area contributed by atoms with Crippen LogP contribution < -0.4 is 0 Å². The summed E-state index contributed by atoms with van der Waals surface area (Å²) in [5, 5.41) is 95.6. The number of aromatic nitrogens is 5. The monoisotopic (exact) mass is 1240 g/mol. The summed E-state index contributed by atoms with van der Waals surface area (Å²) in [6.45, 7) is 0. The molecule has 0 aliphatic carbocycles. The van der Waals surface area contributed by atoms with E-state index in [4.69, 9.17) is 15.0 Å². The molecule has 12 aromatic carbocycles. The van der Waals surface area contributed by atoms with Crippen LogP contribution >= 0.6 is 0 Å². The highest BCUT2D eigenvalue weighted by molar-refractivity contribution is 6.14. The lowest BCUT2D eigenvalue weighted by Gasteiger charge is -2.20. The quantitative estimate of drug-likeness (QED) is 0.124. The number of benzene rings is 12. The third-order valence-electron chi connectivity index (χ3n) is 17.7. The van der Waals surface area contributed by atoms with Crippen LogP contribution in [0.2, 0.25) is 0 Å². The zero-order chi connectivity index (χ0) is 67.1. The average molecular weight is 1250 g/mol. The van der Waals surface area contributed by atoms with Crippen LogP contribution in [0.5, 0.6) is 0 Å². The van der Waals surface area contributed by atoms with Crippen molar-refractivity contribution < 1.29 is 0 Å². The summed E-state index contributed by atoms with van der Waals surface area (Å²) < 4.78 is 4.28. The van der Waals surface area contributed by atoms with Crippen LogP contribution in [0.3, 0.4) is 0 Å². The standard InChI is InChI=1S/C84H40N14/c85-41-50-11-21-66(62(31-50)46-90)57-16-26-77-72(36-57)73-37-58(67-22-12-51(42-86)32-63(67)47-91)17-27-78(73)97(77)76-30-20-61(84-95-82(55-7-3-1-4-8-55)94-83(96-84)56-9-5-2-6-10-56)40-71(76)70-25-15-54(45-89)35-81(70)98-79-28-18-59(68-23-13-52(43-87)33-64(68)48-92)38-74(79)75-39-60(19-29-80(75)98)69-24-14-53(44-88)34-65(69)49-93/h1-40H. The first-order valence-corrected chi connectivity index (χ1v) is 30.6. The van der Waals surface area contributed by atoms with Gasteiger partial charge in [-0.2, -0.15) is 47.4 Å². The lowest BCUT2D eigenvalue weighted by molar-refractivity contribution is 1.07. The van der Waals surface area contributed by atoms with Crippen molar-refractivity contribution in [3.63, 3.8) is 0 Å². The fourth-order valence-corrected chi connectivity index (χ4v) is 13.1. The maximum Gasteiger partial charge on any atom is 0.164 e. The van der Waals surface area contributed by atoms with Gasteiger partial charge in [-0.1, -0.05) is 115 Å². The summed E-state index contributed by atoms with van der Waals surface area (Å²) in [6.07, 6.45) is 0.